The molecule has 0 bridgehead atoms. The molecular weight excluding hydrogens is 326 g/mol. The molecule has 5 atom stereocenters. The van der Waals surface area contributed by atoms with Crippen molar-refractivity contribution in [1.29, 1.82) is 1.43 Å². The second kappa shape index (κ2) is 6.14. The summed E-state index contributed by atoms with van der Waals surface area (Å²) in [5.74, 6) is 0. The highest BCUT2D eigenvalue weighted by molar-refractivity contribution is 7.83. The van der Waals surface area contributed by atoms with Gasteiger partial charge in [-0.05, 0) is 0 Å². The molecule has 1 rings (SSSR count). The molecule has 1 fully saturated rings. The normalized spacial score (nSPS) is 36.6. The van der Waals surface area contributed by atoms with Crippen LogP contribution in [0.15, 0.2) is 0 Å². The van der Waals surface area contributed by atoms with Crippen molar-refractivity contribution in [2.75, 3.05) is 6.61 Å². The third kappa shape index (κ3) is 4.85. The zero-order valence-corrected chi connectivity index (χ0v) is 11.2. The Labute approximate surface area is 115 Å². The van der Waals surface area contributed by atoms with Gasteiger partial charge in [0.05, 0.1) is 6.61 Å². The van der Waals surface area contributed by atoms with Crippen LogP contribution >= 0.6 is 0 Å². The van der Waals surface area contributed by atoms with Crippen LogP contribution in [0.2, 0.25) is 0 Å². The highest BCUT2D eigenvalue weighted by Gasteiger charge is 2.48. The lowest BCUT2D eigenvalue weighted by Gasteiger charge is -2.40. The number of aliphatic hydroxyl groups is 3. The van der Waals surface area contributed by atoms with Gasteiger partial charge in [-0.25, -0.2) is 4.18 Å². The molecule has 1 aliphatic rings. The van der Waals surface area contributed by atoms with Crippen molar-refractivity contribution >= 4 is 20.7 Å². The van der Waals surface area contributed by atoms with Gasteiger partial charge in [0.15, 0.2) is 6.29 Å². The lowest BCUT2D eigenvalue weighted by molar-refractivity contribution is -0.247. The van der Waals surface area contributed by atoms with Gasteiger partial charge in [0.2, 0.25) is 1.43 Å². The molecular formula is C6H13NO11S2. The molecule has 6 N–H and O–H groups in total. The molecule has 1 aliphatic heterocycles. The first-order valence-corrected chi connectivity index (χ1v) is 7.73. The number of nitrogens with one attached hydrogen (secondary N) is 1. The maximum Gasteiger partial charge on any atom is 0.397 e. The lowest BCUT2D eigenvalue weighted by atomic mass is 9.98. The molecule has 1 heterocycles. The summed E-state index contributed by atoms with van der Waals surface area (Å²) < 4.78 is 72.0. The van der Waals surface area contributed by atoms with Gasteiger partial charge < -0.3 is 20.1 Å². The van der Waals surface area contributed by atoms with Gasteiger partial charge in [0.25, 0.3) is 0 Å². The minimum Gasteiger partial charge on any atom is -0.394 e. The number of hydrogen-bond acceptors (Lipinski definition) is 10. The Kier molecular flexibility index (Phi) is 4.90. The first-order valence-electron chi connectivity index (χ1n) is 5.36. The van der Waals surface area contributed by atoms with Crippen molar-refractivity contribution in [3.63, 3.8) is 0 Å². The van der Waals surface area contributed by atoms with Crippen molar-refractivity contribution in [2.24, 2.45) is 0 Å². The molecule has 0 aromatic heterocycles. The Morgan fingerprint density at radius 1 is 1.30 bits per heavy atom. The molecule has 0 aromatic carbocycles. The topological polar surface area (TPSA) is 200 Å². The standard InChI is InChI=1S/C6H13NO11S2/c8-1-2-4(9)5(18-20(14,15)16)3(6(10)17-2)7-19(11,12)13/h2-10H,1H2,(H,11,12,13)(H,14,15,16)/t2-,3-,4-,5-,6?/m1/s1/i/hD. The van der Waals surface area contributed by atoms with Crippen molar-refractivity contribution in [3.8, 4) is 0 Å². The summed E-state index contributed by atoms with van der Waals surface area (Å²) >= 11 is 0. The molecule has 0 spiro atoms. The van der Waals surface area contributed by atoms with Crippen LogP contribution in [0.5, 0.6) is 0 Å². The summed E-state index contributed by atoms with van der Waals surface area (Å²) in [6.07, 6.45) is -7.55. The molecule has 0 radical (unpaired) electrons. The maximum absolute atomic E-state index is 11.1. The van der Waals surface area contributed by atoms with Crippen LogP contribution in [0.3, 0.4) is 0 Å². The number of rotatable bonds is 6. The molecule has 0 aliphatic carbocycles. The largest absolute Gasteiger partial charge is 0.397 e. The lowest BCUT2D eigenvalue weighted by Crippen LogP contribution is -2.65. The smallest absolute Gasteiger partial charge is 0.394 e. The molecule has 1 unspecified atom stereocenters. The molecule has 20 heavy (non-hydrogen) atoms. The fourth-order valence-electron chi connectivity index (χ4n) is 1.63. The average molecular weight is 340 g/mol. The minimum atomic E-state index is -4.95. The highest BCUT2D eigenvalue weighted by atomic mass is 32.3. The second-order valence-corrected chi connectivity index (χ2v) is 6.02. The van der Waals surface area contributed by atoms with Crippen molar-refractivity contribution < 1.29 is 50.2 Å². The van der Waals surface area contributed by atoms with Crippen LogP contribution in [0.1, 0.15) is 0 Å². The summed E-state index contributed by atoms with van der Waals surface area (Å²) in [7, 11) is -9.88. The summed E-state index contributed by atoms with van der Waals surface area (Å²) in [6.45, 7) is -0.863. The summed E-state index contributed by atoms with van der Waals surface area (Å²) in [5, 5.41) is 28.2. The minimum absolute atomic E-state index is 0.863. The van der Waals surface area contributed by atoms with Gasteiger partial charge in [-0.3, -0.25) is 9.11 Å². The number of aliphatic hydroxyl groups excluding tert-OH is 3. The third-order valence-electron chi connectivity index (χ3n) is 2.39. The number of hydrogen-bond donors (Lipinski definition) is 6. The van der Waals surface area contributed by atoms with E-state index in [0.29, 0.717) is 0 Å². The Hall–Kier alpha value is -0.420. The Bertz CT molecular complexity index is 549. The van der Waals surface area contributed by atoms with Gasteiger partial charge >= 0.3 is 20.7 Å². The van der Waals surface area contributed by atoms with E-state index in [1.165, 1.54) is 4.72 Å². The average Bonchev–Trinajstić information content (AvgIpc) is 2.36. The first-order chi connectivity index (χ1) is 9.50. The Morgan fingerprint density at radius 2 is 1.90 bits per heavy atom. The van der Waals surface area contributed by atoms with Gasteiger partial charge in [-0.15, -0.1) is 0 Å². The molecule has 0 saturated carbocycles. The van der Waals surface area contributed by atoms with Crippen molar-refractivity contribution in [3.05, 3.63) is 0 Å². The van der Waals surface area contributed by atoms with Crippen LogP contribution < -0.4 is 4.72 Å². The number of ether oxygens (including phenoxy) is 1. The molecule has 12 nitrogen and oxygen atoms in total. The summed E-state index contributed by atoms with van der Waals surface area (Å²) in [4.78, 5) is 0. The van der Waals surface area contributed by atoms with E-state index in [-0.39, 0.29) is 0 Å². The van der Waals surface area contributed by atoms with E-state index in [4.69, 9.17) is 11.1 Å². The van der Waals surface area contributed by atoms with Gasteiger partial charge in [0.1, 0.15) is 24.4 Å². The van der Waals surface area contributed by atoms with E-state index in [9.17, 15) is 27.0 Å². The van der Waals surface area contributed by atoms with E-state index in [1.807, 2.05) is 0 Å². The van der Waals surface area contributed by atoms with Crippen LogP contribution in [0.25, 0.3) is 1.43 Å². The monoisotopic (exact) mass is 340 g/mol. The highest BCUT2D eigenvalue weighted by Crippen LogP contribution is 2.24. The quantitative estimate of drug-likeness (QED) is 0.257. The van der Waals surface area contributed by atoms with E-state index >= 15 is 0 Å². The zero-order chi connectivity index (χ0) is 16.4. The van der Waals surface area contributed by atoms with E-state index < -0.39 is 58.0 Å². The van der Waals surface area contributed by atoms with Crippen LogP contribution in [-0.4, -0.2) is 78.5 Å². The Balaban J connectivity index is 3.11. The van der Waals surface area contributed by atoms with Gasteiger partial charge in [0, 0.05) is 0 Å². The fourth-order valence-corrected chi connectivity index (χ4v) is 2.73. The molecule has 14 heteroatoms. The summed E-state index contributed by atoms with van der Waals surface area (Å²) in [5.41, 5.74) is 0. The van der Waals surface area contributed by atoms with E-state index in [0.717, 1.165) is 0 Å². The zero-order valence-electron chi connectivity index (χ0n) is 10.6. The predicted octanol–water partition coefficient (Wildman–Crippen LogP) is -3.99. The Morgan fingerprint density at radius 3 is 2.35 bits per heavy atom. The first kappa shape index (κ1) is 16.0. The maximum atomic E-state index is 11.1. The van der Waals surface area contributed by atoms with Crippen molar-refractivity contribution in [1.82, 2.24) is 4.72 Å². The van der Waals surface area contributed by atoms with E-state index in [2.05, 4.69) is 13.5 Å². The second-order valence-electron chi connectivity index (χ2n) is 3.83. The molecule has 1 saturated heterocycles. The van der Waals surface area contributed by atoms with Gasteiger partial charge in [-0.2, -0.15) is 21.6 Å². The predicted molar refractivity (Wildman–Crippen MR) is 58.9 cm³/mol. The van der Waals surface area contributed by atoms with E-state index in [1.54, 1.807) is 0 Å². The van der Waals surface area contributed by atoms with Crippen LogP contribution in [0, 0.1) is 0 Å². The van der Waals surface area contributed by atoms with Crippen LogP contribution in [0.4, 0.5) is 0 Å². The summed E-state index contributed by atoms with van der Waals surface area (Å²) in [6, 6.07) is -1.96. The molecule has 120 valence electrons. The molecule has 0 aromatic rings. The van der Waals surface area contributed by atoms with Gasteiger partial charge in [-0.1, -0.05) is 0 Å². The van der Waals surface area contributed by atoms with Crippen LogP contribution in [-0.2, 0) is 29.6 Å². The van der Waals surface area contributed by atoms with Crippen molar-refractivity contribution in [2.45, 2.75) is 30.6 Å². The SMILES string of the molecule is [2H]OS(=O)(=O)O[C@H]1[C@H](O)[C@@H](CO)OC(O)[C@@H]1NS(=O)(=O)O. The molecule has 0 amide bonds. The fraction of sp³-hybridized carbons (Fsp3) is 1.00. The third-order valence-corrected chi connectivity index (χ3v) is 3.41.